The molecule has 104 valence electrons. The number of aromatic carboxylic acids is 1. The second-order valence-corrected chi connectivity index (χ2v) is 5.08. The Bertz CT molecular complexity index is 728. The smallest absolute Gasteiger partial charge is 0.336 e. The first-order valence-electron chi connectivity index (χ1n) is 6.57. The van der Waals surface area contributed by atoms with Crippen molar-refractivity contribution in [1.82, 2.24) is 4.98 Å². The number of aromatic nitrogens is 1. The molecule has 20 heavy (non-hydrogen) atoms. The van der Waals surface area contributed by atoms with Gasteiger partial charge in [-0.2, -0.15) is 0 Å². The van der Waals surface area contributed by atoms with E-state index in [4.69, 9.17) is 0 Å². The van der Waals surface area contributed by atoms with Crippen LogP contribution in [0.2, 0.25) is 0 Å². The van der Waals surface area contributed by atoms with Crippen molar-refractivity contribution >= 4 is 16.9 Å². The molecule has 1 N–H and O–H groups in total. The maximum atomic E-state index is 13.9. The number of nitrogens with zero attached hydrogens (tertiary/aromatic N) is 1. The highest BCUT2D eigenvalue weighted by Crippen LogP contribution is 2.39. The summed E-state index contributed by atoms with van der Waals surface area (Å²) < 4.78 is 27.3. The Balaban J connectivity index is 2.44. The van der Waals surface area contributed by atoms with Crippen LogP contribution in [0.3, 0.4) is 0 Å². The molecule has 2 aromatic rings. The summed E-state index contributed by atoms with van der Waals surface area (Å²) in [5.41, 5.74) is 1.23. The summed E-state index contributed by atoms with van der Waals surface area (Å²) in [6, 6.07) is 1.79. The summed E-state index contributed by atoms with van der Waals surface area (Å²) in [6.07, 6.45) is 2.23. The maximum Gasteiger partial charge on any atom is 0.336 e. The second-order valence-electron chi connectivity index (χ2n) is 5.08. The molecule has 0 aliphatic heterocycles. The van der Waals surface area contributed by atoms with Crippen molar-refractivity contribution in [1.29, 1.82) is 0 Å². The normalized spacial score (nSPS) is 17.4. The Hall–Kier alpha value is -2.04. The number of fused-ring (bicyclic) bond motifs is 2. The predicted molar refractivity (Wildman–Crippen MR) is 70.0 cm³/mol. The minimum Gasteiger partial charge on any atom is -0.478 e. The Morgan fingerprint density at radius 1 is 1.45 bits per heavy atom. The summed E-state index contributed by atoms with van der Waals surface area (Å²) in [7, 11) is 0. The summed E-state index contributed by atoms with van der Waals surface area (Å²) in [6.45, 7) is 1.99. The number of carboxylic acids is 1. The summed E-state index contributed by atoms with van der Waals surface area (Å²) in [4.78, 5) is 15.8. The van der Waals surface area contributed by atoms with E-state index in [9.17, 15) is 18.7 Å². The minimum absolute atomic E-state index is 0.000602. The third-order valence-corrected chi connectivity index (χ3v) is 3.98. The molecule has 1 unspecified atom stereocenters. The van der Waals surface area contributed by atoms with Crippen LogP contribution in [0, 0.1) is 11.6 Å². The molecule has 1 aromatic heterocycles. The van der Waals surface area contributed by atoms with Crippen LogP contribution in [-0.4, -0.2) is 16.1 Å². The van der Waals surface area contributed by atoms with Crippen molar-refractivity contribution in [3.05, 3.63) is 40.6 Å². The summed E-state index contributed by atoms with van der Waals surface area (Å²) in [5.74, 6) is -2.61. The van der Waals surface area contributed by atoms with Gasteiger partial charge in [0.15, 0.2) is 5.82 Å². The zero-order chi connectivity index (χ0) is 14.4. The lowest BCUT2D eigenvalue weighted by Crippen LogP contribution is -2.07. The van der Waals surface area contributed by atoms with Gasteiger partial charge in [-0.05, 0) is 30.9 Å². The number of hydrogen-bond donors (Lipinski definition) is 1. The molecule has 1 atom stereocenters. The number of hydrogen-bond acceptors (Lipinski definition) is 2. The van der Waals surface area contributed by atoms with Gasteiger partial charge in [0.1, 0.15) is 11.3 Å². The Morgan fingerprint density at radius 2 is 2.20 bits per heavy atom. The van der Waals surface area contributed by atoms with E-state index in [-0.39, 0.29) is 22.4 Å². The predicted octanol–water partition coefficient (Wildman–Crippen LogP) is 3.65. The van der Waals surface area contributed by atoms with Gasteiger partial charge in [-0.1, -0.05) is 6.92 Å². The molecule has 0 fully saturated rings. The van der Waals surface area contributed by atoms with E-state index in [0.29, 0.717) is 17.7 Å². The number of halogens is 2. The van der Waals surface area contributed by atoms with Gasteiger partial charge in [-0.25, -0.2) is 18.6 Å². The van der Waals surface area contributed by atoms with Crippen LogP contribution in [0.15, 0.2) is 12.1 Å². The summed E-state index contributed by atoms with van der Waals surface area (Å²) >= 11 is 0. The lowest BCUT2D eigenvalue weighted by atomic mass is 9.99. The van der Waals surface area contributed by atoms with E-state index < -0.39 is 17.6 Å². The van der Waals surface area contributed by atoms with Gasteiger partial charge in [0, 0.05) is 23.1 Å². The molecule has 1 aromatic carbocycles. The first kappa shape index (κ1) is 13.0. The fourth-order valence-electron chi connectivity index (χ4n) is 3.04. The van der Waals surface area contributed by atoms with Crippen LogP contribution in [0.5, 0.6) is 0 Å². The monoisotopic (exact) mass is 277 g/mol. The standard InChI is InChI=1S/C15H13F2NO2/c1-2-7-3-4-9-12(15(19)20)10-5-8(16)6-11(17)14(10)18-13(7)9/h5-7H,2-4H2,1H3,(H,19,20). The van der Waals surface area contributed by atoms with Crippen LogP contribution >= 0.6 is 0 Å². The van der Waals surface area contributed by atoms with Crippen molar-refractivity contribution in [2.24, 2.45) is 0 Å². The molecule has 3 nitrogen and oxygen atoms in total. The Labute approximate surface area is 114 Å². The van der Waals surface area contributed by atoms with Crippen LogP contribution in [0.4, 0.5) is 8.78 Å². The third-order valence-electron chi connectivity index (χ3n) is 3.98. The molecule has 0 radical (unpaired) electrons. The van der Waals surface area contributed by atoms with Gasteiger partial charge in [0.2, 0.25) is 0 Å². The lowest BCUT2D eigenvalue weighted by molar-refractivity contribution is 0.0698. The SMILES string of the molecule is CCC1CCc2c1nc1c(F)cc(F)cc1c2C(=O)O. The van der Waals surface area contributed by atoms with E-state index in [1.807, 2.05) is 6.92 Å². The minimum atomic E-state index is -1.16. The average molecular weight is 277 g/mol. The van der Waals surface area contributed by atoms with Gasteiger partial charge in [0.25, 0.3) is 0 Å². The highest BCUT2D eigenvalue weighted by molar-refractivity contribution is 6.04. The van der Waals surface area contributed by atoms with E-state index >= 15 is 0 Å². The average Bonchev–Trinajstić information content (AvgIpc) is 2.78. The van der Waals surface area contributed by atoms with Crippen LogP contribution in [-0.2, 0) is 6.42 Å². The lowest BCUT2D eigenvalue weighted by Gasteiger charge is -2.12. The van der Waals surface area contributed by atoms with Crippen molar-refractivity contribution in [2.45, 2.75) is 32.1 Å². The van der Waals surface area contributed by atoms with Crippen molar-refractivity contribution in [3.63, 3.8) is 0 Å². The number of carbonyl (C=O) groups is 1. The molecule has 5 heteroatoms. The number of pyridine rings is 1. The first-order valence-corrected chi connectivity index (χ1v) is 6.57. The van der Waals surface area contributed by atoms with Crippen molar-refractivity contribution in [3.8, 4) is 0 Å². The molecule has 1 aliphatic rings. The first-order chi connectivity index (χ1) is 9.52. The van der Waals surface area contributed by atoms with E-state index in [1.54, 1.807) is 0 Å². The van der Waals surface area contributed by atoms with Crippen LogP contribution in [0.25, 0.3) is 10.9 Å². The highest BCUT2D eigenvalue weighted by Gasteiger charge is 2.30. The molecule has 1 heterocycles. The molecular weight excluding hydrogens is 264 g/mol. The summed E-state index contributed by atoms with van der Waals surface area (Å²) in [5, 5.41) is 9.46. The van der Waals surface area contributed by atoms with Gasteiger partial charge < -0.3 is 5.11 Å². The largest absolute Gasteiger partial charge is 0.478 e. The molecule has 3 rings (SSSR count). The molecule has 0 amide bonds. The molecule has 0 saturated heterocycles. The zero-order valence-electron chi connectivity index (χ0n) is 10.9. The van der Waals surface area contributed by atoms with E-state index in [0.717, 1.165) is 25.0 Å². The third kappa shape index (κ3) is 1.77. The topological polar surface area (TPSA) is 50.2 Å². The van der Waals surface area contributed by atoms with Gasteiger partial charge in [-0.15, -0.1) is 0 Å². The number of carboxylic acid groups (broad SMARTS) is 1. The van der Waals surface area contributed by atoms with Gasteiger partial charge in [-0.3, -0.25) is 0 Å². The quantitative estimate of drug-likeness (QED) is 0.911. The fraction of sp³-hybridized carbons (Fsp3) is 0.333. The van der Waals surface area contributed by atoms with E-state index in [2.05, 4.69) is 4.98 Å². The Morgan fingerprint density at radius 3 is 2.85 bits per heavy atom. The van der Waals surface area contributed by atoms with Crippen LogP contribution < -0.4 is 0 Å². The Kier molecular flexibility index (Phi) is 2.92. The molecule has 0 spiro atoms. The van der Waals surface area contributed by atoms with Gasteiger partial charge in [0.05, 0.1) is 5.56 Å². The molecule has 0 saturated carbocycles. The maximum absolute atomic E-state index is 13.9. The highest BCUT2D eigenvalue weighted by atomic mass is 19.1. The molecule has 0 bridgehead atoms. The van der Waals surface area contributed by atoms with Gasteiger partial charge >= 0.3 is 5.97 Å². The fourth-order valence-corrected chi connectivity index (χ4v) is 3.04. The van der Waals surface area contributed by atoms with Crippen LogP contribution in [0.1, 0.15) is 47.3 Å². The number of benzene rings is 1. The second kappa shape index (κ2) is 4.51. The van der Waals surface area contributed by atoms with Crippen molar-refractivity contribution < 1.29 is 18.7 Å². The molecule has 1 aliphatic carbocycles. The zero-order valence-corrected chi connectivity index (χ0v) is 10.9. The number of rotatable bonds is 2. The van der Waals surface area contributed by atoms with E-state index in [1.165, 1.54) is 0 Å². The molecular formula is C15H13F2NO2. The van der Waals surface area contributed by atoms with Crippen molar-refractivity contribution in [2.75, 3.05) is 0 Å².